The quantitative estimate of drug-likeness (QED) is 0.257. The lowest BCUT2D eigenvalue weighted by Gasteiger charge is -2.03. The average molecular weight is 321 g/mol. The fourth-order valence-electron chi connectivity index (χ4n) is 2.48. The SMILES string of the molecule is [3H]S(=O)CCCCCCCCCCCCCCCC(=O)OC. The van der Waals surface area contributed by atoms with E-state index in [0.29, 0.717) is 12.2 Å². The summed E-state index contributed by atoms with van der Waals surface area (Å²) >= 11 is -1.36. The van der Waals surface area contributed by atoms with E-state index in [1.165, 1.54) is 64.9 Å². The molecule has 0 bridgehead atoms. The van der Waals surface area contributed by atoms with Crippen LogP contribution in [-0.4, -0.2) is 24.2 Å². The Kier molecular flexibility index (Phi) is 15.7. The van der Waals surface area contributed by atoms with Crippen LogP contribution in [0.25, 0.3) is 0 Å². The number of rotatable bonds is 16. The third-order valence-electron chi connectivity index (χ3n) is 3.84. The Balaban J connectivity index is 3.02. The second-order valence-corrected chi connectivity index (χ2v) is 6.39. The van der Waals surface area contributed by atoms with E-state index in [-0.39, 0.29) is 5.97 Å². The predicted octanol–water partition coefficient (Wildman–Crippen LogP) is 4.57. The molecule has 126 valence electrons. The van der Waals surface area contributed by atoms with E-state index < -0.39 is 11.6 Å². The summed E-state index contributed by atoms with van der Waals surface area (Å²) in [5.41, 5.74) is 0. The highest BCUT2D eigenvalue weighted by molar-refractivity contribution is 7.65. The Morgan fingerprint density at radius 1 is 0.810 bits per heavy atom. The number of thiol groups is 1. The molecule has 0 saturated carbocycles. The number of ether oxygens (including phenoxy) is 1. The van der Waals surface area contributed by atoms with Crippen LogP contribution in [0.4, 0.5) is 0 Å². The van der Waals surface area contributed by atoms with Crippen LogP contribution in [-0.2, 0) is 21.1 Å². The van der Waals surface area contributed by atoms with Crippen molar-refractivity contribution >= 4 is 17.5 Å². The maximum atomic E-state index is 10.9. The lowest BCUT2D eigenvalue weighted by molar-refractivity contribution is -0.140. The van der Waals surface area contributed by atoms with Crippen molar-refractivity contribution in [3.63, 3.8) is 0 Å². The fraction of sp³-hybridized carbons (Fsp3) is 0.941. The van der Waals surface area contributed by atoms with Crippen LogP contribution in [0.3, 0.4) is 0 Å². The second kappa shape index (κ2) is 17.7. The molecule has 0 aromatic carbocycles. The molecule has 0 aliphatic carbocycles. The Labute approximate surface area is 135 Å². The van der Waals surface area contributed by atoms with Crippen LogP contribution in [0.2, 0.25) is 0 Å². The number of hydrogen-bond acceptors (Lipinski definition) is 3. The lowest BCUT2D eigenvalue weighted by Crippen LogP contribution is -1.99. The molecule has 0 saturated heterocycles. The van der Waals surface area contributed by atoms with Crippen LogP contribution < -0.4 is 0 Å². The largest absolute Gasteiger partial charge is 0.469 e. The van der Waals surface area contributed by atoms with Crippen LogP contribution in [0.1, 0.15) is 89.9 Å². The number of hydrogen-bond donors (Lipinski definition) is 1. The Hall–Kier alpha value is -0.380. The Bertz CT molecular complexity index is 285. The minimum atomic E-state index is -1.36. The topological polar surface area (TPSA) is 43.4 Å². The number of unbranched alkanes of at least 4 members (excludes halogenated alkanes) is 12. The van der Waals surface area contributed by atoms with Gasteiger partial charge in [0.1, 0.15) is 1.12 Å². The van der Waals surface area contributed by atoms with Gasteiger partial charge >= 0.3 is 5.97 Å². The molecule has 21 heavy (non-hydrogen) atoms. The van der Waals surface area contributed by atoms with Crippen LogP contribution in [0.5, 0.6) is 0 Å². The van der Waals surface area contributed by atoms with Gasteiger partial charge in [-0.25, -0.2) is 0 Å². The zero-order chi connectivity index (χ0) is 16.5. The molecule has 0 radical (unpaired) electrons. The van der Waals surface area contributed by atoms with Gasteiger partial charge in [0.15, 0.2) is 0 Å². The van der Waals surface area contributed by atoms with Gasteiger partial charge in [0.25, 0.3) is 0 Å². The molecule has 4 heteroatoms. The van der Waals surface area contributed by atoms with Gasteiger partial charge in [0.2, 0.25) is 0 Å². The zero-order valence-electron chi connectivity index (χ0n) is 14.7. The van der Waals surface area contributed by atoms with Gasteiger partial charge in [0.05, 0.1) is 7.11 Å². The van der Waals surface area contributed by atoms with Crippen LogP contribution >= 0.6 is 0 Å². The second-order valence-electron chi connectivity index (χ2n) is 5.74. The highest BCUT2D eigenvalue weighted by Crippen LogP contribution is 2.13. The van der Waals surface area contributed by atoms with Crippen LogP contribution in [0.15, 0.2) is 0 Å². The van der Waals surface area contributed by atoms with Gasteiger partial charge in [-0.15, -0.1) is 0 Å². The number of methoxy groups -OCH3 is 1. The highest BCUT2D eigenvalue weighted by Gasteiger charge is 1.99. The summed E-state index contributed by atoms with van der Waals surface area (Å²) in [5, 5.41) is 0. The van der Waals surface area contributed by atoms with Crippen molar-refractivity contribution in [2.24, 2.45) is 0 Å². The molecule has 0 aromatic heterocycles. The summed E-state index contributed by atoms with van der Waals surface area (Å²) in [6, 6.07) is 0. The van der Waals surface area contributed by atoms with Gasteiger partial charge in [-0.2, -0.15) is 0 Å². The van der Waals surface area contributed by atoms with Gasteiger partial charge in [-0.1, -0.05) is 70.6 Å². The monoisotopic (exact) mass is 320 g/mol. The molecule has 0 aliphatic heterocycles. The summed E-state index contributed by atoms with van der Waals surface area (Å²) in [6.07, 6.45) is 16.3. The summed E-state index contributed by atoms with van der Waals surface area (Å²) in [5.74, 6) is 0.451. The molecule has 0 aliphatic rings. The van der Waals surface area contributed by atoms with Crippen molar-refractivity contribution in [3.8, 4) is 0 Å². The normalized spacial score (nSPS) is 12.9. The number of esters is 1. The molecule has 0 amide bonds. The van der Waals surface area contributed by atoms with E-state index in [1.807, 2.05) is 0 Å². The first kappa shape index (κ1) is 18.7. The molecule has 1 atom stereocenters. The minimum Gasteiger partial charge on any atom is -0.469 e. The molecule has 1 unspecified atom stereocenters. The summed E-state index contributed by atoms with van der Waals surface area (Å²) in [6.45, 7) is 0. The van der Waals surface area contributed by atoms with Crippen molar-refractivity contribution in [2.45, 2.75) is 89.9 Å². The van der Waals surface area contributed by atoms with Crippen molar-refractivity contribution in [3.05, 3.63) is 0 Å². The summed E-state index contributed by atoms with van der Waals surface area (Å²) in [7, 11) is 1.45. The minimum absolute atomic E-state index is 0.0899. The smallest absolute Gasteiger partial charge is 0.305 e. The summed E-state index contributed by atoms with van der Waals surface area (Å²) in [4.78, 5) is 10.9. The molecule has 3 nitrogen and oxygen atoms in total. The fourth-order valence-corrected chi connectivity index (χ4v) is 2.80. The average Bonchev–Trinajstić information content (AvgIpc) is 2.50. The van der Waals surface area contributed by atoms with E-state index in [1.54, 1.807) is 0 Å². The molecule has 0 rings (SSSR count). The first-order chi connectivity index (χ1) is 10.7. The van der Waals surface area contributed by atoms with E-state index in [9.17, 15) is 9.00 Å². The highest BCUT2D eigenvalue weighted by atomic mass is 32.1. The third kappa shape index (κ3) is 17.6. The zero-order valence-corrected chi connectivity index (χ0v) is 14.6. The Morgan fingerprint density at radius 2 is 1.19 bits per heavy atom. The molecular weight excluding hydrogens is 284 g/mol. The standard InChI is InChI=1S/C17H34O3S/c1-20-17(18)15-13-11-9-7-5-3-2-4-6-8-10-12-14-16-21-19/h21H,2-16H2,1H3/i21T. The van der Waals surface area contributed by atoms with Gasteiger partial charge in [0, 0.05) is 23.7 Å². The van der Waals surface area contributed by atoms with Crippen molar-refractivity contribution in [1.82, 2.24) is 0 Å². The van der Waals surface area contributed by atoms with E-state index >= 15 is 0 Å². The lowest BCUT2D eigenvalue weighted by atomic mass is 10.0. The van der Waals surface area contributed by atoms with E-state index in [2.05, 4.69) is 4.74 Å². The number of carbonyl (C=O) groups is 1. The summed E-state index contributed by atoms with van der Waals surface area (Å²) < 4.78 is 22.1. The van der Waals surface area contributed by atoms with E-state index in [0.717, 1.165) is 25.7 Å². The third-order valence-corrected chi connectivity index (χ3v) is 4.29. The Morgan fingerprint density at radius 3 is 1.57 bits per heavy atom. The molecule has 0 heterocycles. The molecular formula is C17H34O3S. The number of carbonyl (C=O) groups excluding carboxylic acids is 1. The maximum Gasteiger partial charge on any atom is 0.305 e. The van der Waals surface area contributed by atoms with Crippen LogP contribution in [0, 0.1) is 0 Å². The van der Waals surface area contributed by atoms with Gasteiger partial charge < -0.3 is 4.74 Å². The molecule has 0 spiro atoms. The van der Waals surface area contributed by atoms with Crippen molar-refractivity contribution in [1.29, 1.82) is 1.12 Å². The molecule has 0 N–H and O–H groups in total. The molecule has 0 fully saturated rings. The van der Waals surface area contributed by atoms with Gasteiger partial charge in [-0.3, -0.25) is 9.00 Å². The van der Waals surface area contributed by atoms with Crippen molar-refractivity contribution in [2.75, 3.05) is 12.9 Å². The first-order valence-electron chi connectivity index (χ1n) is 9.03. The molecule has 0 aromatic rings. The van der Waals surface area contributed by atoms with E-state index in [4.69, 9.17) is 1.12 Å². The predicted molar refractivity (Wildman–Crippen MR) is 91.1 cm³/mol. The van der Waals surface area contributed by atoms with Gasteiger partial charge in [-0.05, 0) is 12.8 Å². The van der Waals surface area contributed by atoms with Crippen molar-refractivity contribution < 1.29 is 13.7 Å². The maximum absolute atomic E-state index is 10.9. The first-order valence-corrected chi connectivity index (χ1v) is 9.54.